The average molecular weight is 264 g/mol. The number of hydrogen-bond acceptors (Lipinski definition) is 2. The van der Waals surface area contributed by atoms with Gasteiger partial charge >= 0.3 is 0 Å². The number of allylic oxidation sites excluding steroid dienone is 1. The van der Waals surface area contributed by atoms with E-state index in [1.807, 2.05) is 0 Å². The lowest BCUT2D eigenvalue weighted by Crippen LogP contribution is -2.49. The van der Waals surface area contributed by atoms with E-state index in [-0.39, 0.29) is 0 Å². The fourth-order valence-electron chi connectivity index (χ4n) is 3.26. The summed E-state index contributed by atoms with van der Waals surface area (Å²) < 4.78 is 0. The van der Waals surface area contributed by atoms with E-state index in [2.05, 4.69) is 43.6 Å². The summed E-state index contributed by atoms with van der Waals surface area (Å²) in [6.45, 7) is 15.7. The normalized spacial score (nSPS) is 26.4. The molecule has 2 aliphatic rings. The first-order valence-corrected chi connectivity index (χ1v) is 8.23. The van der Waals surface area contributed by atoms with Gasteiger partial charge in [0.2, 0.25) is 0 Å². The number of hydrogen-bond donors (Lipinski definition) is 0. The van der Waals surface area contributed by atoms with Crippen LogP contribution in [0.2, 0.25) is 0 Å². The van der Waals surface area contributed by atoms with E-state index in [1.165, 1.54) is 52.0 Å². The molecular weight excluding hydrogens is 232 g/mol. The van der Waals surface area contributed by atoms with Crippen LogP contribution in [-0.2, 0) is 0 Å². The lowest BCUT2D eigenvalue weighted by molar-refractivity contribution is 0.108. The molecule has 1 fully saturated rings. The van der Waals surface area contributed by atoms with Crippen molar-refractivity contribution in [1.29, 1.82) is 0 Å². The molecule has 0 amide bonds. The first kappa shape index (κ1) is 15.1. The Morgan fingerprint density at radius 2 is 1.79 bits per heavy atom. The second kappa shape index (κ2) is 6.90. The molecule has 110 valence electrons. The molecule has 0 aromatic rings. The van der Waals surface area contributed by atoms with Crippen LogP contribution in [0.4, 0.5) is 0 Å². The van der Waals surface area contributed by atoms with Crippen LogP contribution in [0.1, 0.15) is 47.0 Å². The van der Waals surface area contributed by atoms with Gasteiger partial charge in [-0.2, -0.15) is 0 Å². The lowest BCUT2D eigenvalue weighted by atomic mass is 10.0. The van der Waals surface area contributed by atoms with E-state index in [0.717, 1.165) is 17.9 Å². The minimum absolute atomic E-state index is 0.740. The van der Waals surface area contributed by atoms with Crippen LogP contribution in [0, 0.1) is 11.8 Å². The van der Waals surface area contributed by atoms with Crippen molar-refractivity contribution in [2.45, 2.75) is 53.0 Å². The van der Waals surface area contributed by atoms with Crippen molar-refractivity contribution in [3.05, 3.63) is 11.6 Å². The van der Waals surface area contributed by atoms with Crippen LogP contribution < -0.4 is 0 Å². The van der Waals surface area contributed by atoms with Crippen LogP contribution in [0.25, 0.3) is 0 Å². The molecule has 0 N–H and O–H groups in total. The topological polar surface area (TPSA) is 6.48 Å². The van der Waals surface area contributed by atoms with Gasteiger partial charge in [0.1, 0.15) is 0 Å². The maximum absolute atomic E-state index is 2.71. The second-order valence-electron chi connectivity index (χ2n) is 7.06. The summed E-state index contributed by atoms with van der Waals surface area (Å²) in [5.41, 5.74) is 1.69. The van der Waals surface area contributed by atoms with Gasteiger partial charge in [0.15, 0.2) is 0 Å². The van der Waals surface area contributed by atoms with Gasteiger partial charge in [-0.25, -0.2) is 0 Å². The zero-order chi connectivity index (χ0) is 13.8. The molecule has 0 bridgehead atoms. The van der Waals surface area contributed by atoms with E-state index in [4.69, 9.17) is 0 Å². The molecular formula is C17H32N2. The van der Waals surface area contributed by atoms with Crippen molar-refractivity contribution in [3.63, 3.8) is 0 Å². The van der Waals surface area contributed by atoms with Crippen LogP contribution in [0.3, 0.4) is 0 Å². The Kier molecular flexibility index (Phi) is 5.47. The van der Waals surface area contributed by atoms with E-state index in [1.54, 1.807) is 5.57 Å². The molecule has 1 atom stereocenters. The summed E-state index contributed by atoms with van der Waals surface area (Å²) in [5.74, 6) is 1.58. The monoisotopic (exact) mass is 264 g/mol. The summed E-state index contributed by atoms with van der Waals surface area (Å²) in [6, 6.07) is 0.740. The van der Waals surface area contributed by atoms with Gasteiger partial charge in [0.25, 0.3) is 0 Å². The highest BCUT2D eigenvalue weighted by molar-refractivity contribution is 5.16. The van der Waals surface area contributed by atoms with Crippen LogP contribution in [-0.4, -0.2) is 48.6 Å². The SMILES string of the molecule is CC(C)CCN1CCN(C2C=C(C(C)C)CC2)CC1. The van der Waals surface area contributed by atoms with Gasteiger partial charge < -0.3 is 4.90 Å². The summed E-state index contributed by atoms with van der Waals surface area (Å²) in [4.78, 5) is 5.36. The first-order chi connectivity index (χ1) is 9.06. The molecule has 1 unspecified atom stereocenters. The summed E-state index contributed by atoms with van der Waals surface area (Å²) in [7, 11) is 0. The van der Waals surface area contributed by atoms with Gasteiger partial charge in [-0.1, -0.05) is 39.3 Å². The van der Waals surface area contributed by atoms with Crippen molar-refractivity contribution < 1.29 is 0 Å². The van der Waals surface area contributed by atoms with Crippen LogP contribution in [0.5, 0.6) is 0 Å². The Bertz CT molecular complexity index is 298. The standard InChI is InChI=1S/C17H32N2/c1-14(2)7-8-18-9-11-19(12-10-18)17-6-5-16(13-17)15(3)4/h13-15,17H,5-12H2,1-4H3. The smallest absolute Gasteiger partial charge is 0.0285 e. The third kappa shape index (κ3) is 4.32. The number of nitrogens with zero attached hydrogens (tertiary/aromatic N) is 2. The van der Waals surface area contributed by atoms with Gasteiger partial charge in [-0.15, -0.1) is 0 Å². The third-order valence-corrected chi connectivity index (χ3v) is 4.78. The molecule has 2 rings (SSSR count). The predicted octanol–water partition coefficient (Wildman–Crippen LogP) is 3.39. The Labute approximate surface area is 119 Å². The molecule has 0 radical (unpaired) electrons. The zero-order valence-electron chi connectivity index (χ0n) is 13.4. The van der Waals surface area contributed by atoms with Crippen molar-refractivity contribution >= 4 is 0 Å². The van der Waals surface area contributed by atoms with Gasteiger partial charge in [0.05, 0.1) is 0 Å². The van der Waals surface area contributed by atoms with Gasteiger partial charge in [0, 0.05) is 32.2 Å². The van der Waals surface area contributed by atoms with Crippen molar-refractivity contribution in [2.75, 3.05) is 32.7 Å². The molecule has 2 heteroatoms. The van der Waals surface area contributed by atoms with E-state index < -0.39 is 0 Å². The van der Waals surface area contributed by atoms with Gasteiger partial charge in [-0.05, 0) is 37.6 Å². The van der Waals surface area contributed by atoms with Crippen molar-refractivity contribution in [2.24, 2.45) is 11.8 Å². The lowest BCUT2D eigenvalue weighted by Gasteiger charge is -2.37. The minimum Gasteiger partial charge on any atom is -0.301 e. The minimum atomic E-state index is 0.740. The Hall–Kier alpha value is -0.340. The quantitative estimate of drug-likeness (QED) is 0.702. The third-order valence-electron chi connectivity index (χ3n) is 4.78. The molecule has 0 aromatic carbocycles. The van der Waals surface area contributed by atoms with Crippen molar-refractivity contribution in [1.82, 2.24) is 9.80 Å². The highest BCUT2D eigenvalue weighted by Gasteiger charge is 2.26. The molecule has 1 aliphatic heterocycles. The fraction of sp³-hybridized carbons (Fsp3) is 0.882. The maximum Gasteiger partial charge on any atom is 0.0285 e. The summed E-state index contributed by atoms with van der Waals surface area (Å²) in [6.07, 6.45) is 6.60. The van der Waals surface area contributed by atoms with E-state index in [9.17, 15) is 0 Å². The van der Waals surface area contributed by atoms with E-state index in [0.29, 0.717) is 0 Å². The van der Waals surface area contributed by atoms with Crippen molar-refractivity contribution in [3.8, 4) is 0 Å². The zero-order valence-corrected chi connectivity index (χ0v) is 13.4. The molecule has 0 spiro atoms. The van der Waals surface area contributed by atoms with Crippen LogP contribution >= 0.6 is 0 Å². The highest BCUT2D eigenvalue weighted by Crippen LogP contribution is 2.28. The van der Waals surface area contributed by atoms with Gasteiger partial charge in [-0.3, -0.25) is 4.90 Å². The van der Waals surface area contributed by atoms with E-state index >= 15 is 0 Å². The molecule has 19 heavy (non-hydrogen) atoms. The molecule has 1 aliphatic carbocycles. The van der Waals surface area contributed by atoms with Crippen LogP contribution in [0.15, 0.2) is 11.6 Å². The fourth-order valence-corrected chi connectivity index (χ4v) is 3.26. The highest BCUT2D eigenvalue weighted by atomic mass is 15.3. The molecule has 1 saturated heterocycles. The average Bonchev–Trinajstić information content (AvgIpc) is 2.86. The molecule has 1 heterocycles. The Morgan fingerprint density at radius 1 is 1.11 bits per heavy atom. The predicted molar refractivity (Wildman–Crippen MR) is 83.4 cm³/mol. The number of piperazine rings is 1. The molecule has 0 aromatic heterocycles. The Balaban J connectivity index is 1.75. The first-order valence-electron chi connectivity index (χ1n) is 8.23. The summed E-state index contributed by atoms with van der Waals surface area (Å²) in [5, 5.41) is 0. The summed E-state index contributed by atoms with van der Waals surface area (Å²) >= 11 is 0. The maximum atomic E-state index is 2.71. The molecule has 2 nitrogen and oxygen atoms in total. The largest absolute Gasteiger partial charge is 0.301 e. The Morgan fingerprint density at radius 3 is 2.32 bits per heavy atom. The molecule has 0 saturated carbocycles. The number of rotatable bonds is 5. The second-order valence-corrected chi connectivity index (χ2v) is 7.06.